The number of hydrogen-bond donors (Lipinski definition) is 2. The van der Waals surface area contributed by atoms with Crippen LogP contribution in [0.3, 0.4) is 0 Å². The number of aromatic amines is 1. The van der Waals surface area contributed by atoms with Gasteiger partial charge in [-0.2, -0.15) is 0 Å². The molecule has 0 radical (unpaired) electrons. The van der Waals surface area contributed by atoms with Crippen LogP contribution in [-0.4, -0.2) is 63.1 Å². The van der Waals surface area contributed by atoms with E-state index in [1.807, 2.05) is 0 Å². The van der Waals surface area contributed by atoms with Crippen LogP contribution in [0.1, 0.15) is 43.5 Å². The van der Waals surface area contributed by atoms with Gasteiger partial charge in [-0.15, -0.1) is 0 Å². The van der Waals surface area contributed by atoms with Gasteiger partial charge in [-0.1, -0.05) is 13.5 Å². The molecule has 2 amide bonds. The maximum absolute atomic E-state index is 13.8. The number of ether oxygens (including phenoxy) is 1. The highest BCUT2D eigenvalue weighted by atomic mass is 19.1. The van der Waals surface area contributed by atoms with E-state index in [9.17, 15) is 14.0 Å². The van der Waals surface area contributed by atoms with Crippen LogP contribution in [0, 0.1) is 0 Å². The number of fused-ring (bicyclic) bond motifs is 1. The first-order chi connectivity index (χ1) is 13.9. The maximum atomic E-state index is 13.8. The van der Waals surface area contributed by atoms with Crippen LogP contribution in [0.15, 0.2) is 25.0 Å². The van der Waals surface area contributed by atoms with Gasteiger partial charge in [0, 0.05) is 32.1 Å². The standard InChI is InChI=1S/C20H26FN5O3/c1-4-15(21)12(3)24-20(28)14-10-22-19-18(14)25-16(11-23-19)29-13-6-8-26(9-7-13)17(27)5-2/h5,10-13,15H,2,4,6-9H2,1,3H3,(H,22,23)(H,24,28)/t12-,15-/m1/s1. The number of hydrogen-bond acceptors (Lipinski definition) is 5. The summed E-state index contributed by atoms with van der Waals surface area (Å²) in [4.78, 5) is 37.5. The minimum absolute atomic E-state index is 0.0829. The second-order valence-electron chi connectivity index (χ2n) is 7.14. The monoisotopic (exact) mass is 403 g/mol. The highest BCUT2D eigenvalue weighted by molar-refractivity contribution is 6.04. The molecule has 3 rings (SSSR count). The van der Waals surface area contributed by atoms with Crippen LogP contribution in [0.2, 0.25) is 0 Å². The number of likely N-dealkylation sites (tertiary alicyclic amines) is 1. The molecule has 2 aromatic heterocycles. The molecule has 2 aromatic rings. The largest absolute Gasteiger partial charge is 0.473 e. The first kappa shape index (κ1) is 20.8. The normalized spacial score (nSPS) is 17.0. The fourth-order valence-corrected chi connectivity index (χ4v) is 3.33. The van der Waals surface area contributed by atoms with E-state index in [0.29, 0.717) is 55.0 Å². The number of nitrogens with zero attached hydrogens (tertiary/aromatic N) is 3. The zero-order valence-corrected chi connectivity index (χ0v) is 16.7. The molecule has 9 heteroatoms. The lowest BCUT2D eigenvalue weighted by Gasteiger charge is -2.31. The van der Waals surface area contributed by atoms with Gasteiger partial charge in [-0.3, -0.25) is 9.59 Å². The third-order valence-corrected chi connectivity index (χ3v) is 5.11. The number of H-pyrrole nitrogens is 1. The second-order valence-corrected chi connectivity index (χ2v) is 7.14. The van der Waals surface area contributed by atoms with Crippen LogP contribution in [0.25, 0.3) is 11.2 Å². The van der Waals surface area contributed by atoms with Gasteiger partial charge in [0.05, 0.1) is 17.8 Å². The molecule has 0 spiro atoms. The molecule has 1 saturated heterocycles. The van der Waals surface area contributed by atoms with Crippen molar-refractivity contribution in [3.63, 3.8) is 0 Å². The summed E-state index contributed by atoms with van der Waals surface area (Å²) in [5.74, 6) is -0.187. The lowest BCUT2D eigenvalue weighted by molar-refractivity contribution is -0.127. The molecule has 2 atom stereocenters. The lowest BCUT2D eigenvalue weighted by atomic mass is 10.1. The van der Waals surface area contributed by atoms with Gasteiger partial charge in [0.2, 0.25) is 11.8 Å². The van der Waals surface area contributed by atoms with Crippen LogP contribution in [-0.2, 0) is 4.79 Å². The number of nitrogens with one attached hydrogen (secondary N) is 2. The molecule has 3 heterocycles. The van der Waals surface area contributed by atoms with E-state index in [1.165, 1.54) is 18.5 Å². The summed E-state index contributed by atoms with van der Waals surface area (Å²) in [5.41, 5.74) is 1.12. The predicted octanol–water partition coefficient (Wildman–Crippen LogP) is 2.38. The van der Waals surface area contributed by atoms with Crippen LogP contribution < -0.4 is 10.1 Å². The zero-order chi connectivity index (χ0) is 21.0. The minimum atomic E-state index is -1.12. The minimum Gasteiger partial charge on any atom is -0.473 e. The maximum Gasteiger partial charge on any atom is 0.255 e. The van der Waals surface area contributed by atoms with E-state index in [4.69, 9.17) is 4.74 Å². The molecule has 0 aliphatic carbocycles. The van der Waals surface area contributed by atoms with Gasteiger partial charge in [0.25, 0.3) is 5.91 Å². The average Bonchev–Trinajstić information content (AvgIpc) is 3.16. The lowest BCUT2D eigenvalue weighted by Crippen LogP contribution is -2.41. The second kappa shape index (κ2) is 9.02. The van der Waals surface area contributed by atoms with Gasteiger partial charge in [0.15, 0.2) is 5.65 Å². The summed E-state index contributed by atoms with van der Waals surface area (Å²) in [6.07, 6.45) is 4.78. The Balaban J connectivity index is 1.68. The zero-order valence-electron chi connectivity index (χ0n) is 16.7. The first-order valence-electron chi connectivity index (χ1n) is 9.80. The van der Waals surface area contributed by atoms with Crippen molar-refractivity contribution in [3.05, 3.63) is 30.6 Å². The third kappa shape index (κ3) is 4.72. The smallest absolute Gasteiger partial charge is 0.255 e. The van der Waals surface area contributed by atoms with E-state index in [2.05, 4.69) is 26.8 Å². The SMILES string of the molecule is C=CC(=O)N1CCC(Oc2cnc3[nH]cc(C(=O)N[C@H](C)[C@H](F)CC)c3n2)CC1. The van der Waals surface area contributed by atoms with E-state index >= 15 is 0 Å². The summed E-state index contributed by atoms with van der Waals surface area (Å²) in [7, 11) is 0. The van der Waals surface area contributed by atoms with Gasteiger partial charge in [0.1, 0.15) is 17.8 Å². The van der Waals surface area contributed by atoms with Gasteiger partial charge in [-0.25, -0.2) is 14.4 Å². The molecule has 8 nitrogen and oxygen atoms in total. The molecule has 2 N–H and O–H groups in total. The molecule has 0 aromatic carbocycles. The number of carbonyl (C=O) groups excluding carboxylic acids is 2. The number of carbonyl (C=O) groups is 2. The number of aromatic nitrogens is 3. The first-order valence-corrected chi connectivity index (χ1v) is 9.80. The van der Waals surface area contributed by atoms with E-state index in [1.54, 1.807) is 18.7 Å². The molecule has 29 heavy (non-hydrogen) atoms. The van der Waals surface area contributed by atoms with Crippen molar-refractivity contribution in [1.29, 1.82) is 0 Å². The van der Waals surface area contributed by atoms with Crippen molar-refractivity contribution in [2.45, 2.75) is 51.4 Å². The number of piperidine rings is 1. The van der Waals surface area contributed by atoms with Crippen LogP contribution >= 0.6 is 0 Å². The molecule has 0 saturated carbocycles. The fraction of sp³-hybridized carbons (Fsp3) is 0.500. The highest BCUT2D eigenvalue weighted by Gasteiger charge is 2.24. The van der Waals surface area contributed by atoms with Gasteiger partial charge >= 0.3 is 0 Å². The molecular formula is C20H26FN5O3. The van der Waals surface area contributed by atoms with Crippen molar-refractivity contribution in [1.82, 2.24) is 25.2 Å². The Morgan fingerprint density at radius 1 is 1.48 bits per heavy atom. The summed E-state index contributed by atoms with van der Waals surface area (Å²) in [6.45, 7) is 8.03. The number of halogens is 1. The summed E-state index contributed by atoms with van der Waals surface area (Å²) in [6, 6.07) is -0.603. The molecule has 1 aliphatic heterocycles. The van der Waals surface area contributed by atoms with Crippen LogP contribution in [0.4, 0.5) is 4.39 Å². The van der Waals surface area contributed by atoms with Crippen molar-refractivity contribution in [3.8, 4) is 5.88 Å². The highest BCUT2D eigenvalue weighted by Crippen LogP contribution is 2.21. The van der Waals surface area contributed by atoms with Gasteiger partial charge in [-0.05, 0) is 19.4 Å². The quantitative estimate of drug-likeness (QED) is 0.692. The Hall–Kier alpha value is -2.97. The van der Waals surface area contributed by atoms with Gasteiger partial charge < -0.3 is 19.9 Å². The van der Waals surface area contributed by atoms with E-state index in [0.717, 1.165) is 0 Å². The third-order valence-electron chi connectivity index (χ3n) is 5.11. The molecular weight excluding hydrogens is 377 g/mol. The van der Waals surface area contributed by atoms with E-state index in [-0.39, 0.29) is 12.0 Å². The fourth-order valence-electron chi connectivity index (χ4n) is 3.33. The number of amides is 2. The Kier molecular flexibility index (Phi) is 6.46. The molecule has 1 aliphatic rings. The van der Waals surface area contributed by atoms with E-state index < -0.39 is 18.1 Å². The average molecular weight is 403 g/mol. The Bertz CT molecular complexity index is 891. The number of alkyl halides is 1. The van der Waals surface area contributed by atoms with Crippen molar-refractivity contribution >= 4 is 23.0 Å². The summed E-state index contributed by atoms with van der Waals surface area (Å²) >= 11 is 0. The van der Waals surface area contributed by atoms with Crippen molar-refractivity contribution in [2.75, 3.05) is 13.1 Å². The van der Waals surface area contributed by atoms with Crippen molar-refractivity contribution < 1.29 is 18.7 Å². The molecule has 156 valence electrons. The van der Waals surface area contributed by atoms with Crippen molar-refractivity contribution in [2.24, 2.45) is 0 Å². The number of rotatable bonds is 7. The Morgan fingerprint density at radius 2 is 2.21 bits per heavy atom. The molecule has 0 bridgehead atoms. The Labute approximate surface area is 168 Å². The molecule has 0 unspecified atom stereocenters. The predicted molar refractivity (Wildman–Crippen MR) is 106 cm³/mol. The summed E-state index contributed by atoms with van der Waals surface area (Å²) in [5, 5.41) is 2.66. The van der Waals surface area contributed by atoms with Crippen LogP contribution in [0.5, 0.6) is 5.88 Å². The summed E-state index contributed by atoms with van der Waals surface area (Å²) < 4.78 is 19.7. The Morgan fingerprint density at radius 3 is 2.86 bits per heavy atom. The molecule has 1 fully saturated rings. The topological polar surface area (TPSA) is 100 Å².